The van der Waals surface area contributed by atoms with E-state index in [9.17, 15) is 4.39 Å². The Kier molecular flexibility index (Phi) is 4.97. The molecule has 0 amide bonds. The Bertz CT molecular complexity index is 590. The van der Waals surface area contributed by atoms with Gasteiger partial charge in [-0.05, 0) is 44.5 Å². The Morgan fingerprint density at radius 2 is 1.81 bits per heavy atom. The first-order chi connectivity index (χ1) is 9.94. The van der Waals surface area contributed by atoms with Crippen LogP contribution >= 0.6 is 0 Å². The van der Waals surface area contributed by atoms with Crippen molar-refractivity contribution in [3.63, 3.8) is 0 Å². The van der Waals surface area contributed by atoms with Crippen LogP contribution in [0, 0.1) is 5.82 Å². The smallest absolute Gasteiger partial charge is 0.124 e. The van der Waals surface area contributed by atoms with Gasteiger partial charge in [0.05, 0.1) is 0 Å². The largest absolute Gasteiger partial charge is 0.489 e. The van der Waals surface area contributed by atoms with Crippen molar-refractivity contribution < 1.29 is 9.13 Å². The fraction of sp³-hybridized carbons (Fsp3) is 0.333. The molecule has 0 spiro atoms. The van der Waals surface area contributed by atoms with Crippen molar-refractivity contribution in [1.82, 2.24) is 5.32 Å². The third kappa shape index (κ3) is 5.20. The van der Waals surface area contributed by atoms with Crippen LogP contribution in [-0.2, 0) is 13.2 Å². The highest BCUT2D eigenvalue weighted by molar-refractivity contribution is 5.33. The lowest BCUT2D eigenvalue weighted by Gasteiger charge is -2.21. The molecule has 0 saturated carbocycles. The van der Waals surface area contributed by atoms with Gasteiger partial charge in [0.1, 0.15) is 18.2 Å². The molecule has 0 aliphatic carbocycles. The third-order valence-electron chi connectivity index (χ3n) is 3.07. The Hall–Kier alpha value is -1.87. The Labute approximate surface area is 126 Å². The summed E-state index contributed by atoms with van der Waals surface area (Å²) in [4.78, 5) is 0. The molecule has 0 atom stereocenters. The van der Waals surface area contributed by atoms with Crippen molar-refractivity contribution in [3.8, 4) is 5.75 Å². The molecule has 2 aromatic carbocycles. The molecular weight excluding hydrogens is 265 g/mol. The van der Waals surface area contributed by atoms with Crippen molar-refractivity contribution in [1.29, 1.82) is 0 Å². The van der Waals surface area contributed by atoms with Crippen LogP contribution in [0.1, 0.15) is 31.9 Å². The number of halogens is 1. The van der Waals surface area contributed by atoms with Gasteiger partial charge in [-0.25, -0.2) is 4.39 Å². The number of benzene rings is 2. The van der Waals surface area contributed by atoms with E-state index in [0.29, 0.717) is 6.61 Å². The van der Waals surface area contributed by atoms with Gasteiger partial charge < -0.3 is 10.1 Å². The molecule has 0 radical (unpaired) electrons. The van der Waals surface area contributed by atoms with Gasteiger partial charge in [0.25, 0.3) is 0 Å². The molecule has 0 aliphatic heterocycles. The maximum absolute atomic E-state index is 13.2. The molecular formula is C18H22FNO. The minimum atomic E-state index is -0.237. The minimum Gasteiger partial charge on any atom is -0.489 e. The summed E-state index contributed by atoms with van der Waals surface area (Å²) in [5.74, 6) is 0.595. The topological polar surface area (TPSA) is 21.3 Å². The number of hydrogen-bond donors (Lipinski definition) is 1. The van der Waals surface area contributed by atoms with Crippen molar-refractivity contribution in [2.45, 2.75) is 39.5 Å². The number of ether oxygens (including phenoxy) is 1. The molecule has 0 fully saturated rings. The zero-order chi connectivity index (χ0) is 15.3. The van der Waals surface area contributed by atoms with E-state index in [4.69, 9.17) is 4.74 Å². The van der Waals surface area contributed by atoms with Crippen LogP contribution < -0.4 is 10.1 Å². The molecule has 112 valence electrons. The highest BCUT2D eigenvalue weighted by Gasteiger charge is 2.10. The molecule has 0 aliphatic rings. The quantitative estimate of drug-likeness (QED) is 0.885. The minimum absolute atomic E-state index is 0.0513. The van der Waals surface area contributed by atoms with Crippen LogP contribution in [0.15, 0.2) is 48.5 Å². The maximum atomic E-state index is 13.2. The maximum Gasteiger partial charge on any atom is 0.124 e. The first-order valence-corrected chi connectivity index (χ1v) is 7.14. The van der Waals surface area contributed by atoms with Crippen molar-refractivity contribution >= 4 is 0 Å². The lowest BCUT2D eigenvalue weighted by atomic mass is 10.1. The lowest BCUT2D eigenvalue weighted by Crippen LogP contribution is -2.35. The lowest BCUT2D eigenvalue weighted by molar-refractivity contribution is 0.299. The predicted octanol–water partition coefficient (Wildman–Crippen LogP) is 4.29. The van der Waals surface area contributed by atoms with E-state index in [1.165, 1.54) is 12.1 Å². The van der Waals surface area contributed by atoms with E-state index in [0.717, 1.165) is 23.4 Å². The predicted molar refractivity (Wildman–Crippen MR) is 83.8 cm³/mol. The highest BCUT2D eigenvalue weighted by Crippen LogP contribution is 2.20. The first-order valence-electron chi connectivity index (χ1n) is 7.14. The van der Waals surface area contributed by atoms with E-state index in [1.807, 2.05) is 30.3 Å². The molecule has 3 heteroatoms. The second kappa shape index (κ2) is 6.72. The molecule has 1 N–H and O–H groups in total. The normalized spacial score (nSPS) is 11.4. The zero-order valence-electron chi connectivity index (χ0n) is 12.8. The van der Waals surface area contributed by atoms with Gasteiger partial charge in [-0.2, -0.15) is 0 Å². The highest BCUT2D eigenvalue weighted by atomic mass is 19.1. The van der Waals surface area contributed by atoms with Gasteiger partial charge in [0, 0.05) is 17.6 Å². The monoisotopic (exact) mass is 287 g/mol. The van der Waals surface area contributed by atoms with E-state index in [1.54, 1.807) is 6.07 Å². The van der Waals surface area contributed by atoms with Gasteiger partial charge in [-0.3, -0.25) is 0 Å². The fourth-order valence-electron chi connectivity index (χ4n) is 1.94. The zero-order valence-corrected chi connectivity index (χ0v) is 12.8. The van der Waals surface area contributed by atoms with Gasteiger partial charge in [0.15, 0.2) is 0 Å². The van der Waals surface area contributed by atoms with Crippen LogP contribution in [-0.4, -0.2) is 5.54 Å². The molecule has 0 aromatic heterocycles. The van der Waals surface area contributed by atoms with Gasteiger partial charge >= 0.3 is 0 Å². The van der Waals surface area contributed by atoms with Crippen LogP contribution in [0.3, 0.4) is 0 Å². The summed E-state index contributed by atoms with van der Waals surface area (Å²) in [6.07, 6.45) is 0. The second-order valence-electron chi connectivity index (χ2n) is 6.13. The molecule has 2 aromatic rings. The van der Waals surface area contributed by atoms with Crippen LogP contribution in [0.4, 0.5) is 4.39 Å². The third-order valence-corrected chi connectivity index (χ3v) is 3.07. The van der Waals surface area contributed by atoms with Gasteiger partial charge in [-0.1, -0.05) is 30.3 Å². The molecule has 2 rings (SSSR count). The van der Waals surface area contributed by atoms with Crippen LogP contribution in [0.2, 0.25) is 0 Å². The summed E-state index contributed by atoms with van der Waals surface area (Å²) in [7, 11) is 0. The van der Waals surface area contributed by atoms with E-state index >= 15 is 0 Å². The molecule has 0 saturated heterocycles. The second-order valence-corrected chi connectivity index (χ2v) is 6.13. The molecule has 0 heterocycles. The average Bonchev–Trinajstić information content (AvgIpc) is 2.43. The van der Waals surface area contributed by atoms with Crippen LogP contribution in [0.25, 0.3) is 0 Å². The number of rotatable bonds is 5. The summed E-state index contributed by atoms with van der Waals surface area (Å²) in [6.45, 7) is 7.49. The molecule has 21 heavy (non-hydrogen) atoms. The Morgan fingerprint density at radius 3 is 2.52 bits per heavy atom. The van der Waals surface area contributed by atoms with Crippen molar-refractivity contribution in [2.24, 2.45) is 0 Å². The molecule has 0 unspecified atom stereocenters. The Balaban J connectivity index is 2.03. The van der Waals surface area contributed by atoms with Gasteiger partial charge in [0.2, 0.25) is 0 Å². The van der Waals surface area contributed by atoms with E-state index in [-0.39, 0.29) is 11.4 Å². The summed E-state index contributed by atoms with van der Waals surface area (Å²) in [6, 6.07) is 14.4. The van der Waals surface area contributed by atoms with Crippen LogP contribution in [0.5, 0.6) is 5.75 Å². The summed E-state index contributed by atoms with van der Waals surface area (Å²) >= 11 is 0. The number of nitrogens with one attached hydrogen (secondary N) is 1. The van der Waals surface area contributed by atoms with Gasteiger partial charge in [-0.15, -0.1) is 0 Å². The number of para-hydroxylation sites is 1. The first kappa shape index (κ1) is 15.5. The van der Waals surface area contributed by atoms with Crippen molar-refractivity contribution in [3.05, 3.63) is 65.5 Å². The Morgan fingerprint density at radius 1 is 1.05 bits per heavy atom. The molecule has 0 bridgehead atoms. The standard InChI is InChI=1S/C18H22FNO/c1-18(2,3)20-12-15-8-4-5-10-17(15)21-13-14-7-6-9-16(19)11-14/h4-11,20H,12-13H2,1-3H3. The van der Waals surface area contributed by atoms with Crippen molar-refractivity contribution in [2.75, 3.05) is 0 Å². The fourth-order valence-corrected chi connectivity index (χ4v) is 1.94. The summed E-state index contributed by atoms with van der Waals surface area (Å²) < 4.78 is 19.0. The molecule has 2 nitrogen and oxygen atoms in total. The van der Waals surface area contributed by atoms with E-state index < -0.39 is 0 Å². The summed E-state index contributed by atoms with van der Waals surface area (Å²) in [5, 5.41) is 3.45. The number of hydrogen-bond acceptors (Lipinski definition) is 2. The average molecular weight is 287 g/mol. The summed E-state index contributed by atoms with van der Waals surface area (Å²) in [5.41, 5.74) is 1.98. The SMILES string of the molecule is CC(C)(C)NCc1ccccc1OCc1cccc(F)c1. The van der Waals surface area contributed by atoms with E-state index in [2.05, 4.69) is 26.1 Å².